The molecule has 0 aromatic carbocycles. The van der Waals surface area contributed by atoms with E-state index in [1.54, 1.807) is 31.7 Å². The van der Waals surface area contributed by atoms with Gasteiger partial charge in [-0.05, 0) is 13.0 Å². The predicted octanol–water partition coefficient (Wildman–Crippen LogP) is 2.07. The third kappa shape index (κ3) is 2.65. The summed E-state index contributed by atoms with van der Waals surface area (Å²) in [6.45, 7) is 1.91. The van der Waals surface area contributed by atoms with Crippen LogP contribution in [-0.4, -0.2) is 22.9 Å². The third-order valence-corrected chi connectivity index (χ3v) is 3.46. The lowest BCUT2D eigenvalue weighted by atomic mass is 10.2. The Morgan fingerprint density at radius 1 is 1.44 bits per heavy atom. The van der Waals surface area contributed by atoms with Gasteiger partial charge in [-0.3, -0.25) is 9.78 Å². The maximum absolute atomic E-state index is 12.1. The number of amides is 1. The molecule has 2 N–H and O–H groups in total. The van der Waals surface area contributed by atoms with Gasteiger partial charge in [-0.25, -0.2) is 4.98 Å². The first-order chi connectivity index (χ1) is 8.72. The molecule has 6 heteroatoms. The monoisotopic (exact) mass is 262 g/mol. The Balaban J connectivity index is 2.12. The van der Waals surface area contributed by atoms with Crippen molar-refractivity contribution in [1.82, 2.24) is 15.3 Å². The number of rotatable bonds is 4. The average Bonchev–Trinajstić information content (AvgIpc) is 2.92. The molecule has 0 radical (unpaired) electrons. The molecule has 1 atom stereocenters. The molecule has 0 bridgehead atoms. The summed E-state index contributed by atoms with van der Waals surface area (Å²) in [7, 11) is 1.77. The van der Waals surface area contributed by atoms with Crippen LogP contribution in [0.1, 0.15) is 28.3 Å². The van der Waals surface area contributed by atoms with Crippen molar-refractivity contribution in [3.05, 3.63) is 40.6 Å². The number of hydrogen-bond donors (Lipinski definition) is 2. The van der Waals surface area contributed by atoms with Crippen LogP contribution < -0.4 is 10.6 Å². The van der Waals surface area contributed by atoms with E-state index in [9.17, 15) is 4.79 Å². The van der Waals surface area contributed by atoms with E-state index in [2.05, 4.69) is 20.6 Å². The molecular weight excluding hydrogens is 248 g/mol. The SMILES string of the molecule is CNc1ccncc1C(=O)NC(C)c1nccs1. The molecule has 0 saturated heterocycles. The van der Waals surface area contributed by atoms with Gasteiger partial charge in [0.2, 0.25) is 0 Å². The van der Waals surface area contributed by atoms with Crippen LogP contribution in [0.5, 0.6) is 0 Å². The van der Waals surface area contributed by atoms with Gasteiger partial charge in [0.1, 0.15) is 5.01 Å². The molecule has 18 heavy (non-hydrogen) atoms. The molecule has 0 aliphatic carbocycles. The lowest BCUT2D eigenvalue weighted by Crippen LogP contribution is -2.27. The highest BCUT2D eigenvalue weighted by molar-refractivity contribution is 7.09. The van der Waals surface area contributed by atoms with Crippen LogP contribution in [0.25, 0.3) is 0 Å². The van der Waals surface area contributed by atoms with E-state index in [1.165, 1.54) is 11.3 Å². The molecule has 2 aromatic heterocycles. The second-order valence-corrected chi connectivity index (χ2v) is 4.66. The zero-order valence-electron chi connectivity index (χ0n) is 10.2. The molecule has 1 unspecified atom stereocenters. The Bertz CT molecular complexity index is 527. The Kier molecular flexibility index (Phi) is 3.88. The molecule has 5 nitrogen and oxygen atoms in total. The van der Waals surface area contributed by atoms with Crippen molar-refractivity contribution in [2.75, 3.05) is 12.4 Å². The fourth-order valence-electron chi connectivity index (χ4n) is 1.58. The zero-order valence-corrected chi connectivity index (χ0v) is 11.0. The molecule has 0 aliphatic rings. The molecule has 94 valence electrons. The largest absolute Gasteiger partial charge is 0.387 e. The van der Waals surface area contributed by atoms with Gasteiger partial charge >= 0.3 is 0 Å². The summed E-state index contributed by atoms with van der Waals surface area (Å²) in [5.41, 5.74) is 1.29. The minimum Gasteiger partial charge on any atom is -0.387 e. The van der Waals surface area contributed by atoms with E-state index in [0.717, 1.165) is 10.7 Å². The molecule has 2 rings (SSSR count). The highest BCUT2D eigenvalue weighted by Gasteiger charge is 2.15. The maximum atomic E-state index is 12.1. The van der Waals surface area contributed by atoms with Gasteiger partial charge in [0.25, 0.3) is 5.91 Å². The van der Waals surface area contributed by atoms with E-state index < -0.39 is 0 Å². The second kappa shape index (κ2) is 5.59. The normalized spacial score (nSPS) is 11.9. The van der Waals surface area contributed by atoms with E-state index >= 15 is 0 Å². The fourth-order valence-corrected chi connectivity index (χ4v) is 2.22. The molecule has 0 fully saturated rings. The average molecular weight is 262 g/mol. The van der Waals surface area contributed by atoms with Gasteiger partial charge in [-0.2, -0.15) is 0 Å². The first-order valence-corrected chi connectivity index (χ1v) is 6.42. The fraction of sp³-hybridized carbons (Fsp3) is 0.250. The smallest absolute Gasteiger partial charge is 0.255 e. The maximum Gasteiger partial charge on any atom is 0.255 e. The second-order valence-electron chi connectivity index (χ2n) is 3.74. The molecule has 2 heterocycles. The minimum atomic E-state index is -0.157. The highest BCUT2D eigenvalue weighted by atomic mass is 32.1. The first kappa shape index (κ1) is 12.5. The van der Waals surface area contributed by atoms with E-state index in [-0.39, 0.29) is 11.9 Å². The van der Waals surface area contributed by atoms with Crippen LogP contribution in [0.4, 0.5) is 5.69 Å². The van der Waals surface area contributed by atoms with Crippen molar-refractivity contribution in [1.29, 1.82) is 0 Å². The number of carbonyl (C=O) groups excluding carboxylic acids is 1. The predicted molar refractivity (Wildman–Crippen MR) is 71.8 cm³/mol. The molecule has 0 saturated carbocycles. The van der Waals surface area contributed by atoms with Crippen molar-refractivity contribution in [3.8, 4) is 0 Å². The number of nitrogens with zero attached hydrogens (tertiary/aromatic N) is 2. The van der Waals surface area contributed by atoms with Gasteiger partial charge in [0.05, 0.1) is 11.6 Å². The van der Waals surface area contributed by atoms with Gasteiger partial charge in [-0.15, -0.1) is 11.3 Å². The lowest BCUT2D eigenvalue weighted by molar-refractivity contribution is 0.0940. The highest BCUT2D eigenvalue weighted by Crippen LogP contribution is 2.17. The third-order valence-electron chi connectivity index (χ3n) is 2.50. The van der Waals surface area contributed by atoms with E-state index in [0.29, 0.717) is 5.56 Å². The quantitative estimate of drug-likeness (QED) is 0.885. The molecule has 0 aliphatic heterocycles. The van der Waals surface area contributed by atoms with Crippen molar-refractivity contribution in [2.45, 2.75) is 13.0 Å². The van der Waals surface area contributed by atoms with Crippen LogP contribution in [0, 0.1) is 0 Å². The van der Waals surface area contributed by atoms with Gasteiger partial charge in [-0.1, -0.05) is 0 Å². The van der Waals surface area contributed by atoms with Gasteiger partial charge < -0.3 is 10.6 Å². The van der Waals surface area contributed by atoms with Crippen molar-refractivity contribution in [2.24, 2.45) is 0 Å². The van der Waals surface area contributed by atoms with Crippen LogP contribution in [0.2, 0.25) is 0 Å². The Labute approximate surface area is 109 Å². The van der Waals surface area contributed by atoms with Crippen molar-refractivity contribution < 1.29 is 4.79 Å². The minimum absolute atomic E-state index is 0.109. The van der Waals surface area contributed by atoms with Crippen LogP contribution in [-0.2, 0) is 0 Å². The topological polar surface area (TPSA) is 66.9 Å². The summed E-state index contributed by atoms with van der Waals surface area (Å²) in [6, 6.07) is 1.66. The number of thiazole rings is 1. The number of hydrogen-bond acceptors (Lipinski definition) is 5. The molecule has 1 amide bonds. The number of carbonyl (C=O) groups is 1. The zero-order chi connectivity index (χ0) is 13.0. The summed E-state index contributed by atoms with van der Waals surface area (Å²) in [5.74, 6) is -0.157. The number of aromatic nitrogens is 2. The van der Waals surface area contributed by atoms with Crippen LogP contribution in [0.15, 0.2) is 30.0 Å². The molecule has 0 spiro atoms. The van der Waals surface area contributed by atoms with Gasteiger partial charge in [0, 0.05) is 36.7 Å². The first-order valence-electron chi connectivity index (χ1n) is 5.54. The molecule has 2 aromatic rings. The van der Waals surface area contributed by atoms with Crippen LogP contribution in [0.3, 0.4) is 0 Å². The Morgan fingerprint density at radius 3 is 2.94 bits per heavy atom. The Morgan fingerprint density at radius 2 is 2.28 bits per heavy atom. The Hall–Kier alpha value is -1.95. The van der Waals surface area contributed by atoms with Crippen molar-refractivity contribution in [3.63, 3.8) is 0 Å². The van der Waals surface area contributed by atoms with E-state index in [4.69, 9.17) is 0 Å². The summed E-state index contributed by atoms with van der Waals surface area (Å²) >= 11 is 1.52. The van der Waals surface area contributed by atoms with Gasteiger partial charge in [0.15, 0.2) is 0 Å². The number of pyridine rings is 1. The number of nitrogens with one attached hydrogen (secondary N) is 2. The van der Waals surface area contributed by atoms with Crippen LogP contribution >= 0.6 is 11.3 Å². The summed E-state index contributed by atoms with van der Waals surface area (Å²) in [5, 5.41) is 8.65. The lowest BCUT2D eigenvalue weighted by Gasteiger charge is -2.13. The van der Waals surface area contributed by atoms with E-state index in [1.807, 2.05) is 12.3 Å². The molecular formula is C12H14N4OS. The summed E-state index contributed by atoms with van der Waals surface area (Å²) in [6.07, 6.45) is 4.92. The number of anilines is 1. The van der Waals surface area contributed by atoms with Crippen molar-refractivity contribution >= 4 is 22.9 Å². The summed E-state index contributed by atoms with van der Waals surface area (Å²) in [4.78, 5) is 20.3. The standard InChI is InChI=1S/C12H14N4OS/c1-8(12-15-5-6-18-12)16-11(17)9-7-14-4-3-10(9)13-2/h3-8H,1-2H3,(H,13,14)(H,16,17). The summed E-state index contributed by atoms with van der Waals surface area (Å²) < 4.78 is 0.